The first-order chi connectivity index (χ1) is 9.76. The second-order valence-electron chi connectivity index (χ2n) is 6.25. The Morgan fingerprint density at radius 1 is 1.35 bits per heavy atom. The normalized spacial score (nSPS) is 30.4. The molecule has 1 N–H and O–H groups in total. The molecule has 1 aliphatic carbocycles. The summed E-state index contributed by atoms with van der Waals surface area (Å²) in [5, 5.41) is 3.79. The molecule has 20 heavy (non-hydrogen) atoms. The van der Waals surface area contributed by atoms with E-state index in [9.17, 15) is 0 Å². The predicted molar refractivity (Wildman–Crippen MR) is 88.2 cm³/mol. The molecule has 0 radical (unpaired) electrons. The number of benzene rings is 1. The Morgan fingerprint density at radius 2 is 2.20 bits per heavy atom. The van der Waals surface area contributed by atoms with Gasteiger partial charge in [-0.15, -0.1) is 0 Å². The molecular weight excluding hydrogens is 312 g/mol. The largest absolute Gasteiger partial charge is 0.312 e. The van der Waals surface area contributed by atoms with Crippen LogP contribution in [0.2, 0.25) is 0 Å². The van der Waals surface area contributed by atoms with Crippen molar-refractivity contribution in [2.24, 2.45) is 0 Å². The second-order valence-corrected chi connectivity index (χ2v) is 7.17. The molecule has 110 valence electrons. The summed E-state index contributed by atoms with van der Waals surface area (Å²) in [5.41, 5.74) is 1.49. The fourth-order valence-corrected chi connectivity index (χ4v) is 4.08. The number of likely N-dealkylation sites (tertiary alicyclic amines) is 1. The van der Waals surface area contributed by atoms with Gasteiger partial charge in [-0.3, -0.25) is 4.90 Å². The molecule has 1 aromatic rings. The highest BCUT2D eigenvalue weighted by Gasteiger charge is 2.31. The summed E-state index contributed by atoms with van der Waals surface area (Å²) in [4.78, 5) is 2.62. The van der Waals surface area contributed by atoms with Crippen LogP contribution in [0, 0.1) is 0 Å². The number of rotatable bonds is 5. The van der Waals surface area contributed by atoms with Gasteiger partial charge in [0, 0.05) is 23.1 Å². The van der Waals surface area contributed by atoms with Crippen molar-refractivity contribution < 1.29 is 0 Å². The fourth-order valence-electron chi connectivity index (χ4n) is 3.66. The number of nitrogens with one attached hydrogen (secondary N) is 1. The molecule has 1 aliphatic heterocycles. The van der Waals surface area contributed by atoms with Gasteiger partial charge in [-0.1, -0.05) is 35.0 Å². The Bertz CT molecular complexity index is 442. The minimum absolute atomic E-state index is 0.735. The highest BCUT2D eigenvalue weighted by Crippen LogP contribution is 2.37. The first kappa shape index (κ1) is 14.6. The van der Waals surface area contributed by atoms with Crippen LogP contribution in [0.5, 0.6) is 0 Å². The maximum absolute atomic E-state index is 3.79. The summed E-state index contributed by atoms with van der Waals surface area (Å²) in [6.45, 7) is 5.97. The lowest BCUT2D eigenvalue weighted by Gasteiger charge is -2.38. The van der Waals surface area contributed by atoms with Crippen LogP contribution in [0.1, 0.15) is 44.1 Å². The van der Waals surface area contributed by atoms with E-state index < -0.39 is 0 Å². The van der Waals surface area contributed by atoms with Gasteiger partial charge in [0.05, 0.1) is 0 Å². The summed E-state index contributed by atoms with van der Waals surface area (Å²) in [5.74, 6) is 0.760. The van der Waals surface area contributed by atoms with Gasteiger partial charge >= 0.3 is 0 Å². The van der Waals surface area contributed by atoms with E-state index in [4.69, 9.17) is 0 Å². The van der Waals surface area contributed by atoms with E-state index in [1.807, 2.05) is 0 Å². The molecule has 2 aliphatic rings. The molecule has 3 heteroatoms. The Labute approximate surface area is 131 Å². The molecule has 1 atom stereocenters. The molecule has 2 nitrogen and oxygen atoms in total. The zero-order chi connectivity index (χ0) is 13.9. The standard InChI is InChI=1S/C17H25BrN2/c1-2-20-8-4-7-17(20)12-19-16-10-14(11-16)13-5-3-6-15(18)9-13/h3,5-6,9,14,16-17,19H,2,4,7-8,10-12H2,1H3. The van der Waals surface area contributed by atoms with Crippen LogP contribution < -0.4 is 5.32 Å². The smallest absolute Gasteiger partial charge is 0.0221 e. The molecule has 0 aromatic heterocycles. The van der Waals surface area contributed by atoms with E-state index in [1.54, 1.807) is 0 Å². The van der Waals surface area contributed by atoms with Gasteiger partial charge in [0.15, 0.2) is 0 Å². The van der Waals surface area contributed by atoms with E-state index in [-0.39, 0.29) is 0 Å². The number of nitrogens with zero attached hydrogens (tertiary/aromatic N) is 1. The van der Waals surface area contributed by atoms with Crippen LogP contribution in [-0.4, -0.2) is 36.6 Å². The van der Waals surface area contributed by atoms with E-state index in [0.29, 0.717) is 0 Å². The van der Waals surface area contributed by atoms with Gasteiger partial charge in [-0.25, -0.2) is 0 Å². The third-order valence-corrected chi connectivity index (χ3v) is 5.50. The first-order valence-corrected chi connectivity index (χ1v) is 8.78. The minimum atomic E-state index is 0.735. The summed E-state index contributed by atoms with van der Waals surface area (Å²) in [6, 6.07) is 10.3. The highest BCUT2D eigenvalue weighted by molar-refractivity contribution is 9.10. The van der Waals surface area contributed by atoms with Crippen LogP contribution in [0.25, 0.3) is 0 Å². The monoisotopic (exact) mass is 336 g/mol. The lowest BCUT2D eigenvalue weighted by Crippen LogP contribution is -2.46. The van der Waals surface area contributed by atoms with Crippen molar-refractivity contribution >= 4 is 15.9 Å². The third-order valence-electron chi connectivity index (χ3n) is 5.01. The molecule has 1 heterocycles. The van der Waals surface area contributed by atoms with Crippen LogP contribution in [0.3, 0.4) is 0 Å². The maximum atomic E-state index is 3.79. The first-order valence-electron chi connectivity index (χ1n) is 7.99. The van der Waals surface area contributed by atoms with Crippen molar-refractivity contribution in [1.29, 1.82) is 0 Å². The van der Waals surface area contributed by atoms with Gasteiger partial charge in [0.25, 0.3) is 0 Å². The van der Waals surface area contributed by atoms with Crippen LogP contribution >= 0.6 is 15.9 Å². The average Bonchev–Trinajstić information content (AvgIpc) is 2.84. The Kier molecular flexibility index (Phi) is 4.79. The predicted octanol–water partition coefficient (Wildman–Crippen LogP) is 3.77. The summed E-state index contributed by atoms with van der Waals surface area (Å²) in [6.07, 6.45) is 5.36. The van der Waals surface area contributed by atoms with Crippen molar-refractivity contribution in [3.63, 3.8) is 0 Å². The van der Waals surface area contributed by atoms with E-state index in [0.717, 1.165) is 18.0 Å². The van der Waals surface area contributed by atoms with Gasteiger partial charge in [0.1, 0.15) is 0 Å². The summed E-state index contributed by atoms with van der Waals surface area (Å²) < 4.78 is 1.20. The van der Waals surface area contributed by atoms with Gasteiger partial charge in [-0.2, -0.15) is 0 Å². The topological polar surface area (TPSA) is 15.3 Å². The molecule has 1 saturated heterocycles. The van der Waals surface area contributed by atoms with Crippen LogP contribution in [-0.2, 0) is 0 Å². The van der Waals surface area contributed by atoms with E-state index >= 15 is 0 Å². The van der Waals surface area contributed by atoms with Crippen molar-refractivity contribution in [2.45, 2.75) is 50.6 Å². The Balaban J connectivity index is 1.42. The molecule has 1 unspecified atom stereocenters. The Hall–Kier alpha value is -0.380. The molecule has 0 amide bonds. The fraction of sp³-hybridized carbons (Fsp3) is 0.647. The van der Waals surface area contributed by atoms with Crippen LogP contribution in [0.4, 0.5) is 0 Å². The zero-order valence-corrected chi connectivity index (χ0v) is 13.9. The van der Waals surface area contributed by atoms with E-state index in [2.05, 4.69) is 57.3 Å². The quantitative estimate of drug-likeness (QED) is 0.880. The van der Waals surface area contributed by atoms with Gasteiger partial charge < -0.3 is 5.32 Å². The highest BCUT2D eigenvalue weighted by atomic mass is 79.9. The average molecular weight is 337 g/mol. The SMILES string of the molecule is CCN1CCCC1CNC1CC(c2cccc(Br)c2)C1. The van der Waals surface area contributed by atoms with Crippen LogP contribution in [0.15, 0.2) is 28.7 Å². The second kappa shape index (κ2) is 6.59. The molecule has 0 spiro atoms. The Morgan fingerprint density at radius 3 is 2.95 bits per heavy atom. The van der Waals surface area contributed by atoms with Gasteiger partial charge in [0.2, 0.25) is 0 Å². The van der Waals surface area contributed by atoms with Crippen molar-refractivity contribution in [1.82, 2.24) is 10.2 Å². The zero-order valence-electron chi connectivity index (χ0n) is 12.3. The van der Waals surface area contributed by atoms with Crippen molar-refractivity contribution in [3.05, 3.63) is 34.3 Å². The van der Waals surface area contributed by atoms with Gasteiger partial charge in [-0.05, 0) is 62.4 Å². The lowest BCUT2D eigenvalue weighted by molar-refractivity contribution is 0.225. The van der Waals surface area contributed by atoms with Crippen molar-refractivity contribution in [2.75, 3.05) is 19.6 Å². The molecule has 1 aromatic carbocycles. The molecule has 3 rings (SSSR count). The molecule has 0 bridgehead atoms. The number of hydrogen-bond acceptors (Lipinski definition) is 2. The molecular formula is C17H25BrN2. The molecule has 1 saturated carbocycles. The molecule has 2 fully saturated rings. The third kappa shape index (κ3) is 3.26. The van der Waals surface area contributed by atoms with Crippen molar-refractivity contribution in [3.8, 4) is 0 Å². The number of hydrogen-bond donors (Lipinski definition) is 1. The summed E-state index contributed by atoms with van der Waals surface area (Å²) in [7, 11) is 0. The van der Waals surface area contributed by atoms with E-state index in [1.165, 1.54) is 55.4 Å². The summed E-state index contributed by atoms with van der Waals surface area (Å²) >= 11 is 3.57. The number of halogens is 1. The number of likely N-dealkylation sites (N-methyl/N-ethyl adjacent to an activating group) is 1. The lowest BCUT2D eigenvalue weighted by atomic mass is 9.76. The minimum Gasteiger partial charge on any atom is -0.312 e. The maximum Gasteiger partial charge on any atom is 0.0221 e.